The van der Waals surface area contributed by atoms with Gasteiger partial charge in [0, 0.05) is 11.4 Å². The predicted octanol–water partition coefficient (Wildman–Crippen LogP) is 3.34. The lowest BCUT2D eigenvalue weighted by Gasteiger charge is -2.14. The molecule has 5 heteroatoms. The Hall–Kier alpha value is -0.650. The number of aromatic nitrogens is 2. The number of thiophene rings is 1. The van der Waals surface area contributed by atoms with Crippen molar-refractivity contribution in [1.82, 2.24) is 9.78 Å². The molecule has 17 heavy (non-hydrogen) atoms. The molecule has 0 bridgehead atoms. The van der Waals surface area contributed by atoms with Crippen molar-refractivity contribution >= 4 is 27.3 Å². The Kier molecular flexibility index (Phi) is 4.01. The predicted molar refractivity (Wildman–Crippen MR) is 75.3 cm³/mol. The highest BCUT2D eigenvalue weighted by Gasteiger charge is 2.20. The van der Waals surface area contributed by atoms with Gasteiger partial charge in [0.05, 0.1) is 22.4 Å². The van der Waals surface area contributed by atoms with Crippen LogP contribution in [0.1, 0.15) is 36.0 Å². The minimum absolute atomic E-state index is 0.0956. The van der Waals surface area contributed by atoms with E-state index in [0.717, 1.165) is 23.1 Å². The standard InChI is InChI=1S/C12H16BrN3S/c1-3-8-5-6-17-12(8)10(14)11-9(13)7-15-16(11)4-2/h5-7,10H,3-4,14H2,1-2H3. The van der Waals surface area contributed by atoms with Crippen LogP contribution in [0, 0.1) is 0 Å². The Bertz CT molecular complexity index is 504. The van der Waals surface area contributed by atoms with Gasteiger partial charge >= 0.3 is 0 Å². The first kappa shape index (κ1) is 12.8. The largest absolute Gasteiger partial charge is 0.318 e. The third-order valence-electron chi connectivity index (χ3n) is 2.87. The van der Waals surface area contributed by atoms with E-state index in [1.165, 1.54) is 10.4 Å². The van der Waals surface area contributed by atoms with Crippen LogP contribution in [0.4, 0.5) is 0 Å². The summed E-state index contributed by atoms with van der Waals surface area (Å²) in [5, 5.41) is 6.42. The quantitative estimate of drug-likeness (QED) is 0.940. The molecule has 0 aliphatic rings. The molecule has 0 aliphatic heterocycles. The van der Waals surface area contributed by atoms with Gasteiger partial charge in [-0.05, 0) is 46.3 Å². The highest BCUT2D eigenvalue weighted by Crippen LogP contribution is 2.32. The van der Waals surface area contributed by atoms with Crippen LogP contribution < -0.4 is 5.73 Å². The summed E-state index contributed by atoms with van der Waals surface area (Å²) in [5.74, 6) is 0. The number of hydrogen-bond acceptors (Lipinski definition) is 3. The lowest BCUT2D eigenvalue weighted by molar-refractivity contribution is 0.601. The molecule has 1 atom stereocenters. The fraction of sp³-hybridized carbons (Fsp3) is 0.417. The summed E-state index contributed by atoms with van der Waals surface area (Å²) in [6.07, 6.45) is 2.84. The molecule has 3 nitrogen and oxygen atoms in total. The minimum atomic E-state index is -0.0956. The number of halogens is 1. The molecule has 2 heterocycles. The van der Waals surface area contributed by atoms with Crippen LogP contribution in [-0.2, 0) is 13.0 Å². The summed E-state index contributed by atoms with van der Waals surface area (Å²) >= 11 is 5.25. The summed E-state index contributed by atoms with van der Waals surface area (Å²) < 4.78 is 2.94. The van der Waals surface area contributed by atoms with E-state index >= 15 is 0 Å². The van der Waals surface area contributed by atoms with Crippen LogP contribution in [0.2, 0.25) is 0 Å². The van der Waals surface area contributed by atoms with Crippen LogP contribution in [-0.4, -0.2) is 9.78 Å². The zero-order valence-electron chi connectivity index (χ0n) is 9.98. The van der Waals surface area contributed by atoms with Gasteiger partial charge in [-0.3, -0.25) is 4.68 Å². The fourth-order valence-electron chi connectivity index (χ4n) is 1.97. The maximum absolute atomic E-state index is 6.38. The van der Waals surface area contributed by atoms with Crippen molar-refractivity contribution < 1.29 is 0 Å². The van der Waals surface area contributed by atoms with E-state index in [9.17, 15) is 0 Å². The Balaban J connectivity index is 2.43. The number of rotatable bonds is 4. The second-order valence-corrected chi connectivity index (χ2v) is 5.64. The average Bonchev–Trinajstić information content (AvgIpc) is 2.93. The summed E-state index contributed by atoms with van der Waals surface area (Å²) in [6, 6.07) is 2.06. The number of nitrogens with two attached hydrogens (primary N) is 1. The Morgan fingerprint density at radius 2 is 2.29 bits per heavy atom. The fourth-order valence-corrected chi connectivity index (χ4v) is 3.51. The highest BCUT2D eigenvalue weighted by atomic mass is 79.9. The topological polar surface area (TPSA) is 43.8 Å². The molecule has 0 spiro atoms. The lowest BCUT2D eigenvalue weighted by atomic mass is 10.1. The first-order chi connectivity index (χ1) is 8.19. The summed E-state index contributed by atoms with van der Waals surface area (Å²) in [5.41, 5.74) is 8.77. The normalized spacial score (nSPS) is 12.9. The van der Waals surface area contributed by atoms with E-state index in [4.69, 9.17) is 5.73 Å². The Labute approximate surface area is 114 Å². The maximum Gasteiger partial charge on any atom is 0.0831 e. The van der Waals surface area contributed by atoms with Crippen molar-refractivity contribution in [3.05, 3.63) is 38.3 Å². The van der Waals surface area contributed by atoms with E-state index in [1.807, 2.05) is 10.9 Å². The molecule has 2 rings (SSSR count). The van der Waals surface area contributed by atoms with Gasteiger partial charge in [-0.15, -0.1) is 11.3 Å². The summed E-state index contributed by atoms with van der Waals surface area (Å²) in [4.78, 5) is 1.24. The molecule has 2 N–H and O–H groups in total. The molecule has 2 aromatic rings. The number of hydrogen-bond donors (Lipinski definition) is 1. The second kappa shape index (κ2) is 5.33. The molecule has 0 radical (unpaired) electrons. The van der Waals surface area contributed by atoms with Crippen molar-refractivity contribution in [2.75, 3.05) is 0 Å². The van der Waals surface area contributed by atoms with Crippen LogP contribution >= 0.6 is 27.3 Å². The Morgan fingerprint density at radius 1 is 1.53 bits per heavy atom. The molecular weight excluding hydrogens is 298 g/mol. The summed E-state index contributed by atoms with van der Waals surface area (Å²) in [6.45, 7) is 5.07. The smallest absolute Gasteiger partial charge is 0.0831 e. The van der Waals surface area contributed by atoms with Crippen LogP contribution in [0.3, 0.4) is 0 Å². The van der Waals surface area contributed by atoms with E-state index in [1.54, 1.807) is 11.3 Å². The first-order valence-electron chi connectivity index (χ1n) is 5.72. The van der Waals surface area contributed by atoms with Gasteiger partial charge < -0.3 is 5.73 Å². The van der Waals surface area contributed by atoms with Crippen molar-refractivity contribution in [3.63, 3.8) is 0 Å². The molecular formula is C12H16BrN3S. The molecule has 2 aromatic heterocycles. The average molecular weight is 314 g/mol. The maximum atomic E-state index is 6.38. The Morgan fingerprint density at radius 3 is 2.94 bits per heavy atom. The van der Waals surface area contributed by atoms with Crippen molar-refractivity contribution in [3.8, 4) is 0 Å². The molecule has 0 saturated carbocycles. The van der Waals surface area contributed by atoms with Gasteiger partial charge in [-0.1, -0.05) is 6.92 Å². The monoisotopic (exact) mass is 313 g/mol. The van der Waals surface area contributed by atoms with Gasteiger partial charge in [0.2, 0.25) is 0 Å². The van der Waals surface area contributed by atoms with E-state index < -0.39 is 0 Å². The third-order valence-corrected chi connectivity index (χ3v) is 4.52. The zero-order valence-corrected chi connectivity index (χ0v) is 12.4. The van der Waals surface area contributed by atoms with Crippen LogP contribution in [0.25, 0.3) is 0 Å². The van der Waals surface area contributed by atoms with E-state index in [2.05, 4.69) is 46.3 Å². The number of nitrogens with zero attached hydrogens (tertiary/aromatic N) is 2. The molecule has 0 amide bonds. The molecule has 0 aliphatic carbocycles. The third kappa shape index (κ3) is 2.32. The zero-order chi connectivity index (χ0) is 12.4. The summed E-state index contributed by atoms with van der Waals surface area (Å²) in [7, 11) is 0. The van der Waals surface area contributed by atoms with Gasteiger partial charge in [0.1, 0.15) is 0 Å². The van der Waals surface area contributed by atoms with Crippen molar-refractivity contribution in [2.24, 2.45) is 5.73 Å². The van der Waals surface area contributed by atoms with Gasteiger partial charge in [-0.2, -0.15) is 5.10 Å². The first-order valence-corrected chi connectivity index (χ1v) is 7.39. The van der Waals surface area contributed by atoms with Gasteiger partial charge in [0.25, 0.3) is 0 Å². The van der Waals surface area contributed by atoms with E-state index in [0.29, 0.717) is 0 Å². The molecule has 0 fully saturated rings. The van der Waals surface area contributed by atoms with Crippen LogP contribution in [0.5, 0.6) is 0 Å². The second-order valence-electron chi connectivity index (χ2n) is 3.83. The van der Waals surface area contributed by atoms with Gasteiger partial charge in [-0.25, -0.2) is 0 Å². The van der Waals surface area contributed by atoms with Crippen LogP contribution in [0.15, 0.2) is 22.1 Å². The molecule has 0 saturated heterocycles. The highest BCUT2D eigenvalue weighted by molar-refractivity contribution is 9.10. The van der Waals surface area contributed by atoms with Crippen molar-refractivity contribution in [1.29, 1.82) is 0 Å². The SMILES string of the molecule is CCc1ccsc1C(N)c1c(Br)cnn1CC. The molecule has 1 unspecified atom stereocenters. The molecule has 92 valence electrons. The van der Waals surface area contributed by atoms with Gasteiger partial charge in [0.15, 0.2) is 0 Å². The van der Waals surface area contributed by atoms with E-state index in [-0.39, 0.29) is 6.04 Å². The van der Waals surface area contributed by atoms with Crippen molar-refractivity contribution in [2.45, 2.75) is 32.9 Å². The molecule has 0 aromatic carbocycles. The lowest BCUT2D eigenvalue weighted by Crippen LogP contribution is -2.17. The number of aryl methyl sites for hydroxylation is 2. The minimum Gasteiger partial charge on any atom is -0.318 e.